The number of amides is 2. The molecule has 0 bridgehead atoms. The van der Waals surface area contributed by atoms with Gasteiger partial charge in [0.05, 0.1) is 24.5 Å². The molecule has 2 atom stereocenters. The standard InChI is InChI=1S/C16H14N2O4S/c1-8-11(7-17)15(23-12(8)16(21)22-2)18-13(19)9-5-3-4-6-10(9)14(18)20/h3-4,9-10H,5-6H2,1-2H3/t9-,10+. The minimum atomic E-state index is -0.576. The molecule has 2 amide bonds. The second-order valence-corrected chi connectivity index (χ2v) is 6.51. The highest BCUT2D eigenvalue weighted by Gasteiger charge is 2.49. The molecular weight excluding hydrogens is 316 g/mol. The molecule has 0 unspecified atom stereocenters. The number of ether oxygens (including phenoxy) is 1. The second kappa shape index (κ2) is 5.63. The number of nitriles is 1. The summed E-state index contributed by atoms with van der Waals surface area (Å²) in [6.45, 7) is 1.62. The van der Waals surface area contributed by atoms with Crippen molar-refractivity contribution in [2.24, 2.45) is 11.8 Å². The van der Waals surface area contributed by atoms with E-state index in [2.05, 4.69) is 0 Å². The number of imide groups is 1. The number of hydrogen-bond donors (Lipinski definition) is 0. The first-order valence-corrected chi connectivity index (χ1v) is 7.97. The van der Waals surface area contributed by atoms with E-state index in [4.69, 9.17) is 4.74 Å². The quantitative estimate of drug-likeness (QED) is 0.471. The lowest BCUT2D eigenvalue weighted by Crippen LogP contribution is -2.30. The molecule has 118 valence electrons. The third-order valence-electron chi connectivity index (χ3n) is 4.32. The molecule has 1 saturated heterocycles. The van der Waals surface area contributed by atoms with Gasteiger partial charge in [-0.2, -0.15) is 5.26 Å². The fourth-order valence-electron chi connectivity index (χ4n) is 3.08. The maximum Gasteiger partial charge on any atom is 0.348 e. The van der Waals surface area contributed by atoms with Gasteiger partial charge in [-0.1, -0.05) is 12.2 Å². The van der Waals surface area contributed by atoms with E-state index < -0.39 is 5.97 Å². The molecule has 1 aromatic rings. The van der Waals surface area contributed by atoms with Crippen LogP contribution in [-0.4, -0.2) is 24.9 Å². The Morgan fingerprint density at radius 2 is 1.87 bits per heavy atom. The Bertz CT molecular complexity index is 761. The molecule has 0 radical (unpaired) electrons. The zero-order valence-corrected chi connectivity index (χ0v) is 13.5. The number of anilines is 1. The molecule has 2 heterocycles. The molecule has 3 rings (SSSR count). The van der Waals surface area contributed by atoms with Crippen LogP contribution in [-0.2, 0) is 14.3 Å². The molecule has 6 nitrogen and oxygen atoms in total. The zero-order valence-electron chi connectivity index (χ0n) is 12.7. The lowest BCUT2D eigenvalue weighted by atomic mass is 9.85. The number of hydrogen-bond acceptors (Lipinski definition) is 6. The average Bonchev–Trinajstić information content (AvgIpc) is 3.02. The van der Waals surface area contributed by atoms with Crippen molar-refractivity contribution in [2.75, 3.05) is 12.0 Å². The van der Waals surface area contributed by atoms with E-state index in [0.29, 0.717) is 18.4 Å². The third-order valence-corrected chi connectivity index (χ3v) is 5.58. The lowest BCUT2D eigenvalue weighted by Gasteiger charge is -2.14. The van der Waals surface area contributed by atoms with Crippen LogP contribution in [0.3, 0.4) is 0 Å². The van der Waals surface area contributed by atoms with Gasteiger partial charge in [0, 0.05) is 0 Å². The molecular formula is C16H14N2O4S. The van der Waals surface area contributed by atoms with Crippen LogP contribution in [0.4, 0.5) is 5.00 Å². The van der Waals surface area contributed by atoms with Gasteiger partial charge in [-0.3, -0.25) is 9.59 Å². The Morgan fingerprint density at radius 3 is 2.35 bits per heavy atom. The van der Waals surface area contributed by atoms with E-state index in [1.807, 2.05) is 18.2 Å². The normalized spacial score (nSPS) is 22.9. The first-order chi connectivity index (χ1) is 11.0. The van der Waals surface area contributed by atoms with Gasteiger partial charge >= 0.3 is 5.97 Å². The summed E-state index contributed by atoms with van der Waals surface area (Å²) in [7, 11) is 1.25. The Labute approximate surface area is 137 Å². The fourth-order valence-corrected chi connectivity index (χ4v) is 4.26. The summed E-state index contributed by atoms with van der Waals surface area (Å²) in [6, 6.07) is 2.00. The molecule has 2 aliphatic rings. The van der Waals surface area contributed by atoms with Gasteiger partial charge in [-0.15, -0.1) is 11.3 Å². The lowest BCUT2D eigenvalue weighted by molar-refractivity contribution is -0.122. The summed E-state index contributed by atoms with van der Waals surface area (Å²) < 4.78 is 4.70. The Kier molecular flexibility index (Phi) is 3.78. The first kappa shape index (κ1) is 15.4. The number of nitrogens with zero attached hydrogens (tertiary/aromatic N) is 2. The van der Waals surface area contributed by atoms with Gasteiger partial charge < -0.3 is 4.74 Å². The van der Waals surface area contributed by atoms with Crippen LogP contribution < -0.4 is 4.90 Å². The van der Waals surface area contributed by atoms with Gasteiger partial charge in [0.15, 0.2) is 0 Å². The molecule has 0 aromatic carbocycles. The first-order valence-electron chi connectivity index (χ1n) is 7.15. The fraction of sp³-hybridized carbons (Fsp3) is 0.375. The maximum atomic E-state index is 12.6. The van der Waals surface area contributed by atoms with Crippen LogP contribution in [0.1, 0.15) is 33.6 Å². The van der Waals surface area contributed by atoms with E-state index in [1.54, 1.807) is 6.92 Å². The van der Waals surface area contributed by atoms with Gasteiger partial charge in [0.2, 0.25) is 11.8 Å². The minimum absolute atomic E-state index is 0.184. The monoisotopic (exact) mass is 330 g/mol. The number of fused-ring (bicyclic) bond motifs is 1. The largest absolute Gasteiger partial charge is 0.465 e. The number of carbonyl (C=O) groups is 3. The van der Waals surface area contributed by atoms with Gasteiger partial charge in [0.1, 0.15) is 15.9 Å². The topological polar surface area (TPSA) is 87.5 Å². The zero-order chi connectivity index (χ0) is 16.7. The number of allylic oxidation sites excluding steroid dienone is 2. The van der Waals surface area contributed by atoms with E-state index in [0.717, 1.165) is 16.2 Å². The number of thiophene rings is 1. The number of rotatable bonds is 2. The summed E-state index contributed by atoms with van der Waals surface area (Å²) in [6.07, 6.45) is 4.87. The summed E-state index contributed by atoms with van der Waals surface area (Å²) in [5.41, 5.74) is 0.622. The molecule has 0 saturated carbocycles. The summed E-state index contributed by atoms with van der Waals surface area (Å²) in [5, 5.41) is 9.63. The summed E-state index contributed by atoms with van der Waals surface area (Å²) >= 11 is 0.960. The van der Waals surface area contributed by atoms with Crippen LogP contribution in [0.25, 0.3) is 0 Å². The van der Waals surface area contributed by atoms with Crippen molar-refractivity contribution in [3.8, 4) is 6.07 Å². The van der Waals surface area contributed by atoms with Crippen LogP contribution in [0.5, 0.6) is 0 Å². The van der Waals surface area contributed by atoms with E-state index >= 15 is 0 Å². The summed E-state index contributed by atoms with van der Waals surface area (Å²) in [4.78, 5) is 38.4. The van der Waals surface area contributed by atoms with Crippen molar-refractivity contribution in [1.82, 2.24) is 0 Å². The van der Waals surface area contributed by atoms with Crippen LogP contribution in [0.15, 0.2) is 12.2 Å². The maximum absolute atomic E-state index is 12.6. The molecule has 23 heavy (non-hydrogen) atoms. The van der Waals surface area contributed by atoms with E-state index in [9.17, 15) is 19.6 Å². The van der Waals surface area contributed by atoms with Crippen molar-refractivity contribution >= 4 is 34.1 Å². The molecule has 1 aromatic heterocycles. The van der Waals surface area contributed by atoms with Crippen molar-refractivity contribution in [3.63, 3.8) is 0 Å². The van der Waals surface area contributed by atoms with Crippen molar-refractivity contribution in [3.05, 3.63) is 28.2 Å². The molecule has 1 fully saturated rings. The smallest absolute Gasteiger partial charge is 0.348 e. The SMILES string of the molecule is COC(=O)c1sc(N2C(=O)[C@H]3CC=CC[C@H]3C2=O)c(C#N)c1C. The Morgan fingerprint density at radius 1 is 1.30 bits per heavy atom. The number of esters is 1. The predicted octanol–water partition coefficient (Wildman–Crippen LogP) is 2.17. The predicted molar refractivity (Wildman–Crippen MR) is 83.0 cm³/mol. The van der Waals surface area contributed by atoms with Gasteiger partial charge in [-0.05, 0) is 25.3 Å². The van der Waals surface area contributed by atoms with E-state index in [1.165, 1.54) is 7.11 Å². The molecule has 0 spiro atoms. The molecule has 1 aliphatic heterocycles. The highest BCUT2D eigenvalue weighted by Crippen LogP contribution is 2.43. The van der Waals surface area contributed by atoms with Crippen LogP contribution in [0, 0.1) is 30.1 Å². The van der Waals surface area contributed by atoms with Crippen molar-refractivity contribution < 1.29 is 19.1 Å². The minimum Gasteiger partial charge on any atom is -0.465 e. The van der Waals surface area contributed by atoms with Gasteiger partial charge in [0.25, 0.3) is 0 Å². The number of methoxy groups -OCH3 is 1. The third kappa shape index (κ3) is 2.18. The Hall–Kier alpha value is -2.46. The number of carbonyl (C=O) groups excluding carboxylic acids is 3. The highest BCUT2D eigenvalue weighted by molar-refractivity contribution is 7.18. The highest BCUT2D eigenvalue weighted by atomic mass is 32.1. The van der Waals surface area contributed by atoms with Crippen molar-refractivity contribution in [2.45, 2.75) is 19.8 Å². The van der Waals surface area contributed by atoms with Crippen LogP contribution >= 0.6 is 11.3 Å². The molecule has 0 N–H and O–H groups in total. The molecule has 1 aliphatic carbocycles. The van der Waals surface area contributed by atoms with Crippen LogP contribution in [0.2, 0.25) is 0 Å². The van der Waals surface area contributed by atoms with E-state index in [-0.39, 0.29) is 39.1 Å². The van der Waals surface area contributed by atoms with Gasteiger partial charge in [-0.25, -0.2) is 9.69 Å². The molecule has 7 heteroatoms. The second-order valence-electron chi connectivity index (χ2n) is 5.51. The Balaban J connectivity index is 2.09. The summed E-state index contributed by atoms with van der Waals surface area (Å²) in [5.74, 6) is -1.91. The average molecular weight is 330 g/mol. The van der Waals surface area contributed by atoms with Crippen molar-refractivity contribution in [1.29, 1.82) is 5.26 Å².